The van der Waals surface area contributed by atoms with Crippen molar-refractivity contribution in [1.82, 2.24) is 0 Å². The standard InChI is InChI=1S/C26H25NO/c27-25(24-17-9-15-22-14-7-8-16-23(22)24)26(28,18-20-10-3-1-4-11-20)19-21-12-5-2-6-13-21/h1-17,25,28H,18-19,27H2. The predicted octanol–water partition coefficient (Wildman–Crippen LogP) is 5.06. The topological polar surface area (TPSA) is 46.2 Å². The number of fused-ring (bicyclic) bond motifs is 1. The Hall–Kier alpha value is -2.94. The molecule has 0 aliphatic rings. The highest BCUT2D eigenvalue weighted by Crippen LogP contribution is 2.34. The Bertz CT molecular complexity index is 997. The van der Waals surface area contributed by atoms with Gasteiger partial charge in [0.25, 0.3) is 0 Å². The van der Waals surface area contributed by atoms with Crippen LogP contribution < -0.4 is 5.73 Å². The molecule has 0 amide bonds. The Morgan fingerprint density at radius 3 is 1.75 bits per heavy atom. The van der Waals surface area contributed by atoms with Gasteiger partial charge in [0.2, 0.25) is 0 Å². The van der Waals surface area contributed by atoms with Gasteiger partial charge in [0.1, 0.15) is 0 Å². The monoisotopic (exact) mass is 367 g/mol. The highest BCUT2D eigenvalue weighted by molar-refractivity contribution is 5.86. The lowest BCUT2D eigenvalue weighted by Gasteiger charge is -2.35. The molecule has 3 N–H and O–H groups in total. The second-order valence-corrected chi connectivity index (χ2v) is 7.47. The van der Waals surface area contributed by atoms with E-state index < -0.39 is 11.6 Å². The van der Waals surface area contributed by atoms with Crippen LogP contribution in [0, 0.1) is 0 Å². The van der Waals surface area contributed by atoms with Gasteiger partial charge in [-0.05, 0) is 27.5 Å². The Kier molecular flexibility index (Phi) is 5.25. The molecule has 0 saturated carbocycles. The van der Waals surface area contributed by atoms with Gasteiger partial charge < -0.3 is 10.8 Å². The zero-order valence-electron chi connectivity index (χ0n) is 15.8. The van der Waals surface area contributed by atoms with Crippen molar-refractivity contribution < 1.29 is 5.11 Å². The molecule has 4 aromatic carbocycles. The molecule has 0 aliphatic carbocycles. The van der Waals surface area contributed by atoms with Gasteiger partial charge in [-0.3, -0.25) is 0 Å². The number of nitrogens with two attached hydrogens (primary N) is 1. The molecule has 0 saturated heterocycles. The molecule has 1 atom stereocenters. The van der Waals surface area contributed by atoms with Crippen LogP contribution in [0.2, 0.25) is 0 Å². The average Bonchev–Trinajstić information content (AvgIpc) is 2.74. The molecule has 4 rings (SSSR count). The average molecular weight is 367 g/mol. The first-order valence-electron chi connectivity index (χ1n) is 9.69. The van der Waals surface area contributed by atoms with E-state index in [-0.39, 0.29) is 0 Å². The van der Waals surface area contributed by atoms with Crippen molar-refractivity contribution in [2.45, 2.75) is 24.5 Å². The highest BCUT2D eigenvalue weighted by Gasteiger charge is 2.36. The summed E-state index contributed by atoms with van der Waals surface area (Å²) in [5, 5.41) is 14.1. The molecule has 4 aromatic rings. The van der Waals surface area contributed by atoms with E-state index in [1.807, 2.05) is 84.9 Å². The van der Waals surface area contributed by atoms with Gasteiger partial charge in [-0.2, -0.15) is 0 Å². The summed E-state index contributed by atoms with van der Waals surface area (Å²) < 4.78 is 0. The number of hydrogen-bond donors (Lipinski definition) is 2. The summed E-state index contributed by atoms with van der Waals surface area (Å²) in [6.45, 7) is 0. The van der Waals surface area contributed by atoms with Crippen LogP contribution in [-0.4, -0.2) is 10.7 Å². The van der Waals surface area contributed by atoms with E-state index >= 15 is 0 Å². The first-order valence-corrected chi connectivity index (χ1v) is 9.69. The van der Waals surface area contributed by atoms with E-state index in [1.54, 1.807) is 0 Å². The van der Waals surface area contributed by atoms with E-state index in [2.05, 4.69) is 18.2 Å². The number of hydrogen-bond acceptors (Lipinski definition) is 2. The van der Waals surface area contributed by atoms with E-state index in [0.717, 1.165) is 27.5 Å². The molecule has 2 nitrogen and oxygen atoms in total. The van der Waals surface area contributed by atoms with Crippen LogP contribution >= 0.6 is 0 Å². The maximum atomic E-state index is 11.9. The Morgan fingerprint density at radius 2 is 1.14 bits per heavy atom. The van der Waals surface area contributed by atoms with Crippen molar-refractivity contribution in [2.24, 2.45) is 5.73 Å². The number of benzene rings is 4. The molecule has 140 valence electrons. The Labute approximate surface area is 166 Å². The van der Waals surface area contributed by atoms with Crippen LogP contribution in [0.1, 0.15) is 22.7 Å². The summed E-state index contributed by atoms with van der Waals surface area (Å²) in [5.74, 6) is 0. The Morgan fingerprint density at radius 1 is 0.643 bits per heavy atom. The molecule has 0 heterocycles. The van der Waals surface area contributed by atoms with E-state index in [1.165, 1.54) is 0 Å². The summed E-state index contributed by atoms with van der Waals surface area (Å²) in [6.07, 6.45) is 0.986. The molecule has 0 spiro atoms. The third kappa shape index (κ3) is 3.84. The largest absolute Gasteiger partial charge is 0.387 e. The van der Waals surface area contributed by atoms with Crippen LogP contribution in [0.5, 0.6) is 0 Å². The first kappa shape index (κ1) is 18.4. The second kappa shape index (κ2) is 7.97. The lowest BCUT2D eigenvalue weighted by molar-refractivity contribution is 0.0141. The van der Waals surface area contributed by atoms with E-state index in [4.69, 9.17) is 5.73 Å². The summed E-state index contributed by atoms with van der Waals surface area (Å²) in [4.78, 5) is 0. The molecule has 1 unspecified atom stereocenters. The summed E-state index contributed by atoms with van der Waals surface area (Å²) in [6, 6.07) is 34.0. The lowest BCUT2D eigenvalue weighted by atomic mass is 9.78. The molecule has 0 aliphatic heterocycles. The van der Waals surface area contributed by atoms with Crippen molar-refractivity contribution in [2.75, 3.05) is 0 Å². The third-order valence-corrected chi connectivity index (χ3v) is 5.44. The van der Waals surface area contributed by atoms with Crippen LogP contribution in [0.3, 0.4) is 0 Å². The van der Waals surface area contributed by atoms with Gasteiger partial charge in [0, 0.05) is 12.8 Å². The van der Waals surface area contributed by atoms with Gasteiger partial charge in [0.05, 0.1) is 11.6 Å². The van der Waals surface area contributed by atoms with Gasteiger partial charge in [-0.1, -0.05) is 103 Å². The molecular weight excluding hydrogens is 342 g/mol. The van der Waals surface area contributed by atoms with Crippen LogP contribution in [-0.2, 0) is 12.8 Å². The summed E-state index contributed by atoms with van der Waals surface area (Å²) >= 11 is 0. The molecular formula is C26H25NO. The fraction of sp³-hybridized carbons (Fsp3) is 0.154. The van der Waals surface area contributed by atoms with Crippen molar-refractivity contribution >= 4 is 10.8 Å². The summed E-state index contributed by atoms with van der Waals surface area (Å²) in [7, 11) is 0. The van der Waals surface area contributed by atoms with Gasteiger partial charge >= 0.3 is 0 Å². The smallest absolute Gasteiger partial charge is 0.0919 e. The second-order valence-electron chi connectivity index (χ2n) is 7.47. The minimum absolute atomic E-state index is 0.493. The Balaban J connectivity index is 1.77. The maximum Gasteiger partial charge on any atom is 0.0919 e. The van der Waals surface area contributed by atoms with Crippen molar-refractivity contribution in [3.05, 3.63) is 120 Å². The quantitative estimate of drug-likeness (QED) is 0.500. The lowest BCUT2D eigenvalue weighted by Crippen LogP contribution is -2.45. The van der Waals surface area contributed by atoms with Crippen molar-refractivity contribution in [3.8, 4) is 0 Å². The van der Waals surface area contributed by atoms with Crippen LogP contribution in [0.15, 0.2) is 103 Å². The zero-order chi connectivity index (χ0) is 19.4. The number of aliphatic hydroxyl groups is 1. The minimum Gasteiger partial charge on any atom is -0.387 e. The predicted molar refractivity (Wildman–Crippen MR) is 116 cm³/mol. The van der Waals surface area contributed by atoms with E-state index in [0.29, 0.717) is 12.8 Å². The summed E-state index contributed by atoms with van der Waals surface area (Å²) in [5.41, 5.74) is 8.82. The zero-order valence-corrected chi connectivity index (χ0v) is 15.8. The maximum absolute atomic E-state index is 11.9. The fourth-order valence-electron chi connectivity index (χ4n) is 3.99. The van der Waals surface area contributed by atoms with Crippen molar-refractivity contribution in [3.63, 3.8) is 0 Å². The molecule has 0 fully saturated rings. The van der Waals surface area contributed by atoms with Gasteiger partial charge in [-0.25, -0.2) is 0 Å². The van der Waals surface area contributed by atoms with Gasteiger partial charge in [0.15, 0.2) is 0 Å². The van der Waals surface area contributed by atoms with Crippen LogP contribution in [0.25, 0.3) is 10.8 Å². The molecule has 0 aromatic heterocycles. The van der Waals surface area contributed by atoms with E-state index in [9.17, 15) is 5.11 Å². The SMILES string of the molecule is NC(c1cccc2ccccc12)C(O)(Cc1ccccc1)Cc1ccccc1. The molecule has 0 bridgehead atoms. The van der Waals surface area contributed by atoms with Crippen molar-refractivity contribution in [1.29, 1.82) is 0 Å². The third-order valence-electron chi connectivity index (χ3n) is 5.44. The highest BCUT2D eigenvalue weighted by atomic mass is 16.3. The normalized spacial score (nSPS) is 12.8. The van der Waals surface area contributed by atoms with Crippen LogP contribution in [0.4, 0.5) is 0 Å². The molecule has 2 heteroatoms. The molecule has 28 heavy (non-hydrogen) atoms. The molecule has 0 radical (unpaired) electrons. The van der Waals surface area contributed by atoms with Gasteiger partial charge in [-0.15, -0.1) is 0 Å². The first-order chi connectivity index (χ1) is 13.7. The fourth-order valence-corrected chi connectivity index (χ4v) is 3.99. The minimum atomic E-state index is -1.10. The number of rotatable bonds is 6.